The first-order valence-electron chi connectivity index (χ1n) is 9.23. The molecule has 2 aromatic rings. The first-order valence-corrected chi connectivity index (χ1v) is 10.1. The fraction of sp³-hybridized carbons (Fsp3) is 0.450. The summed E-state index contributed by atoms with van der Waals surface area (Å²) >= 11 is 1.68. The van der Waals surface area contributed by atoms with Gasteiger partial charge in [0.05, 0.1) is 6.54 Å². The van der Waals surface area contributed by atoms with Crippen molar-refractivity contribution in [2.45, 2.75) is 25.8 Å². The Bertz CT molecular complexity index is 742. The highest BCUT2D eigenvalue weighted by Gasteiger charge is 2.22. The summed E-state index contributed by atoms with van der Waals surface area (Å²) in [6.07, 6.45) is 2.69. The lowest BCUT2D eigenvalue weighted by Crippen LogP contribution is -2.30. The molecule has 2 aliphatic heterocycles. The smallest absolute Gasteiger partial charge is 0.227 e. The van der Waals surface area contributed by atoms with Crippen LogP contribution in [0.2, 0.25) is 0 Å². The zero-order valence-corrected chi connectivity index (χ0v) is 15.6. The number of nitrogens with one attached hydrogen (secondary N) is 1. The number of hydrogen-bond donors (Lipinski definition) is 1. The average Bonchev–Trinajstić information content (AvgIpc) is 3.37. The minimum atomic E-state index is 0.168. The fourth-order valence-electron chi connectivity index (χ4n) is 3.51. The summed E-state index contributed by atoms with van der Waals surface area (Å²) in [5.74, 6) is 2.25. The lowest BCUT2D eigenvalue weighted by atomic mass is 10.0. The second-order valence-electron chi connectivity index (χ2n) is 6.78. The molecule has 0 saturated carbocycles. The number of thiophene rings is 1. The van der Waals surface area contributed by atoms with Crippen LogP contribution >= 0.6 is 11.3 Å². The van der Waals surface area contributed by atoms with Gasteiger partial charge in [-0.15, -0.1) is 11.3 Å². The van der Waals surface area contributed by atoms with E-state index in [2.05, 4.69) is 11.4 Å². The van der Waals surface area contributed by atoms with Gasteiger partial charge in [0.25, 0.3) is 0 Å². The summed E-state index contributed by atoms with van der Waals surface area (Å²) in [6.45, 7) is 3.81. The van der Waals surface area contributed by atoms with Gasteiger partial charge in [0, 0.05) is 23.1 Å². The Hall–Kier alpha value is -2.05. The van der Waals surface area contributed by atoms with Gasteiger partial charge in [-0.25, -0.2) is 0 Å². The molecule has 1 aromatic carbocycles. The Labute approximate surface area is 157 Å². The molecule has 1 aromatic heterocycles. The predicted molar refractivity (Wildman–Crippen MR) is 103 cm³/mol. The van der Waals surface area contributed by atoms with Crippen molar-refractivity contribution in [3.8, 4) is 11.5 Å². The second-order valence-corrected chi connectivity index (χ2v) is 7.82. The van der Waals surface area contributed by atoms with Gasteiger partial charge in [-0.3, -0.25) is 4.79 Å². The van der Waals surface area contributed by atoms with Crippen LogP contribution in [0.15, 0.2) is 35.7 Å². The molecule has 0 radical (unpaired) electrons. The zero-order valence-electron chi connectivity index (χ0n) is 14.8. The van der Waals surface area contributed by atoms with E-state index in [1.54, 1.807) is 11.3 Å². The molecule has 1 unspecified atom stereocenters. The Morgan fingerprint density at radius 1 is 1.23 bits per heavy atom. The minimum Gasteiger partial charge on any atom is -0.486 e. The molecule has 3 heterocycles. The number of rotatable bonds is 6. The van der Waals surface area contributed by atoms with Crippen molar-refractivity contribution in [2.75, 3.05) is 31.2 Å². The van der Waals surface area contributed by atoms with Crippen LogP contribution in [0.3, 0.4) is 0 Å². The quantitative estimate of drug-likeness (QED) is 0.844. The van der Waals surface area contributed by atoms with Crippen LogP contribution in [0.25, 0.3) is 0 Å². The third-order valence-corrected chi connectivity index (χ3v) is 5.82. The van der Waals surface area contributed by atoms with Crippen LogP contribution in [0.4, 0.5) is 5.69 Å². The third kappa shape index (κ3) is 4.02. The molecule has 2 aliphatic rings. The SMILES string of the molecule is O=C(CCC1CCNC1)N(Cc1cccs1)c1ccc2c(c1)OCCO2. The largest absolute Gasteiger partial charge is 0.486 e. The van der Waals surface area contributed by atoms with Gasteiger partial charge in [-0.05, 0) is 55.4 Å². The van der Waals surface area contributed by atoms with Crippen molar-refractivity contribution in [3.63, 3.8) is 0 Å². The van der Waals surface area contributed by atoms with Crippen molar-refractivity contribution in [1.29, 1.82) is 0 Å². The van der Waals surface area contributed by atoms with Crippen LogP contribution in [-0.2, 0) is 11.3 Å². The minimum absolute atomic E-state index is 0.168. The summed E-state index contributed by atoms with van der Waals surface area (Å²) in [5, 5.41) is 5.42. The van der Waals surface area contributed by atoms with Crippen molar-refractivity contribution < 1.29 is 14.3 Å². The summed E-state index contributed by atoms with van der Waals surface area (Å²) in [7, 11) is 0. The maximum absolute atomic E-state index is 13.0. The van der Waals surface area contributed by atoms with Crippen molar-refractivity contribution in [3.05, 3.63) is 40.6 Å². The van der Waals surface area contributed by atoms with Gasteiger partial charge in [0.15, 0.2) is 11.5 Å². The number of fused-ring (bicyclic) bond motifs is 1. The molecule has 1 saturated heterocycles. The van der Waals surface area contributed by atoms with Crippen LogP contribution in [0.1, 0.15) is 24.1 Å². The molecule has 0 spiro atoms. The molecule has 4 rings (SSSR count). The molecule has 5 nitrogen and oxygen atoms in total. The highest BCUT2D eigenvalue weighted by Crippen LogP contribution is 2.35. The van der Waals surface area contributed by atoms with E-state index in [4.69, 9.17) is 9.47 Å². The predicted octanol–water partition coefficient (Wildman–Crippen LogP) is 3.44. The van der Waals surface area contributed by atoms with Crippen LogP contribution < -0.4 is 19.7 Å². The zero-order chi connectivity index (χ0) is 17.8. The topological polar surface area (TPSA) is 50.8 Å². The average molecular weight is 372 g/mol. The van der Waals surface area contributed by atoms with E-state index in [0.717, 1.165) is 36.7 Å². The monoisotopic (exact) mass is 372 g/mol. The maximum atomic E-state index is 13.0. The standard InChI is InChI=1S/C20H24N2O3S/c23-20(6-3-15-7-8-21-13-15)22(14-17-2-1-11-26-17)16-4-5-18-19(12-16)25-10-9-24-18/h1-2,4-5,11-12,15,21H,3,6-10,13-14H2. The van der Waals surface area contributed by atoms with E-state index < -0.39 is 0 Å². The Morgan fingerprint density at radius 3 is 2.88 bits per heavy atom. The number of anilines is 1. The number of ether oxygens (including phenoxy) is 2. The molecule has 1 fully saturated rings. The second kappa shape index (κ2) is 8.10. The van der Waals surface area contributed by atoms with E-state index >= 15 is 0 Å². The molecule has 1 atom stereocenters. The molecule has 0 bridgehead atoms. The number of carbonyl (C=O) groups is 1. The van der Waals surface area contributed by atoms with Crippen LogP contribution in [0.5, 0.6) is 11.5 Å². The van der Waals surface area contributed by atoms with E-state index in [1.807, 2.05) is 34.5 Å². The van der Waals surface area contributed by atoms with Gasteiger partial charge in [0.1, 0.15) is 13.2 Å². The van der Waals surface area contributed by atoms with Crippen molar-refractivity contribution in [2.24, 2.45) is 5.92 Å². The highest BCUT2D eigenvalue weighted by molar-refractivity contribution is 7.09. The van der Waals surface area contributed by atoms with E-state index in [-0.39, 0.29) is 5.91 Å². The van der Waals surface area contributed by atoms with Gasteiger partial charge >= 0.3 is 0 Å². The van der Waals surface area contributed by atoms with Gasteiger partial charge in [-0.1, -0.05) is 6.07 Å². The van der Waals surface area contributed by atoms with Gasteiger partial charge < -0.3 is 19.7 Å². The molecular weight excluding hydrogens is 348 g/mol. The summed E-state index contributed by atoms with van der Waals surface area (Å²) in [4.78, 5) is 16.1. The Balaban J connectivity index is 1.52. The molecule has 26 heavy (non-hydrogen) atoms. The van der Waals surface area contributed by atoms with Crippen molar-refractivity contribution in [1.82, 2.24) is 5.32 Å². The van der Waals surface area contributed by atoms with E-state index in [9.17, 15) is 4.79 Å². The molecule has 6 heteroatoms. The molecule has 0 aliphatic carbocycles. The highest BCUT2D eigenvalue weighted by atomic mass is 32.1. The number of amides is 1. The van der Waals surface area contributed by atoms with Crippen molar-refractivity contribution >= 4 is 22.9 Å². The molecular formula is C20H24N2O3S. The Kier molecular flexibility index (Phi) is 5.41. The first-order chi connectivity index (χ1) is 12.8. The molecule has 138 valence electrons. The number of benzene rings is 1. The Morgan fingerprint density at radius 2 is 2.12 bits per heavy atom. The summed E-state index contributed by atoms with van der Waals surface area (Å²) in [6, 6.07) is 9.88. The van der Waals surface area contributed by atoms with Gasteiger partial charge in [-0.2, -0.15) is 0 Å². The normalized spacial score (nSPS) is 18.7. The number of hydrogen-bond acceptors (Lipinski definition) is 5. The lowest BCUT2D eigenvalue weighted by Gasteiger charge is -2.25. The molecule has 1 amide bonds. The summed E-state index contributed by atoms with van der Waals surface area (Å²) in [5.41, 5.74) is 0.872. The molecule has 1 N–H and O–H groups in total. The lowest BCUT2D eigenvalue weighted by molar-refractivity contribution is -0.119. The number of nitrogens with zero attached hydrogens (tertiary/aromatic N) is 1. The van der Waals surface area contributed by atoms with E-state index in [0.29, 0.717) is 32.1 Å². The van der Waals surface area contributed by atoms with E-state index in [1.165, 1.54) is 11.3 Å². The summed E-state index contributed by atoms with van der Waals surface area (Å²) < 4.78 is 11.3. The fourth-order valence-corrected chi connectivity index (χ4v) is 4.20. The first kappa shape index (κ1) is 17.4. The third-order valence-electron chi connectivity index (χ3n) is 4.96. The van der Waals surface area contributed by atoms with Crippen LogP contribution in [0, 0.1) is 5.92 Å². The van der Waals surface area contributed by atoms with Crippen LogP contribution in [-0.4, -0.2) is 32.2 Å². The number of carbonyl (C=O) groups excluding carboxylic acids is 1. The maximum Gasteiger partial charge on any atom is 0.227 e. The van der Waals surface area contributed by atoms with Gasteiger partial charge in [0.2, 0.25) is 5.91 Å².